The second-order valence-corrected chi connectivity index (χ2v) is 25.4. The largest absolute Gasteiger partial charge is 0.309 e. The first-order valence-electron chi connectivity index (χ1n) is 33.8. The van der Waals surface area contributed by atoms with Crippen molar-refractivity contribution in [3.63, 3.8) is 0 Å². The fourth-order valence-corrected chi connectivity index (χ4v) is 14.9. The molecule has 0 aliphatic heterocycles. The van der Waals surface area contributed by atoms with E-state index in [9.17, 15) is 0 Å². The average molecular weight is 1280 g/mol. The van der Waals surface area contributed by atoms with E-state index >= 15 is 0 Å². The molecule has 0 amide bonds. The zero-order valence-electron chi connectivity index (χ0n) is 54.2. The minimum atomic E-state index is 0.862. The van der Waals surface area contributed by atoms with Crippen molar-refractivity contribution < 1.29 is 0 Å². The Morgan fingerprint density at radius 2 is 0.510 bits per heavy atom. The fourth-order valence-electron chi connectivity index (χ4n) is 14.9. The molecule has 468 valence electrons. The van der Waals surface area contributed by atoms with Crippen molar-refractivity contribution in [1.82, 2.24) is 38.2 Å². The van der Waals surface area contributed by atoms with E-state index in [1.165, 1.54) is 54.7 Å². The number of hydrogen-bond acceptors (Lipinski definition) is 4. The smallest absolute Gasteiger partial charge is 0.138 e. The number of rotatable bonds is 10. The number of para-hydroxylation sites is 4. The number of nitrogens with zero attached hydrogens (tertiary/aromatic N) is 8. The van der Waals surface area contributed by atoms with Crippen LogP contribution in [0, 0.1) is 0 Å². The van der Waals surface area contributed by atoms with Crippen LogP contribution in [-0.2, 0) is 0 Å². The first-order chi connectivity index (χ1) is 49.6. The highest BCUT2D eigenvalue weighted by atomic mass is 15.1. The van der Waals surface area contributed by atoms with Gasteiger partial charge in [0.15, 0.2) is 0 Å². The van der Waals surface area contributed by atoms with Crippen molar-refractivity contribution in [3.8, 4) is 90.0 Å². The van der Waals surface area contributed by atoms with Gasteiger partial charge in [-0.15, -0.1) is 0 Å². The SMILES string of the molecule is c1ccc(-c2cc(-c3ccccc3)nc(-n3c4ccc(-c5ccc6c(c5)c5ccccc5n6-c5ccccc5)cc4c4ncccc43)c2)cc1.c1ccc(-c2cc(-n3c4ccc(-c5ccc6c(c5)c5ccccc5n6-c5ccccc5)cc4c4ncccc43)cc(-c3ccccc3)n2)cc1. The van der Waals surface area contributed by atoms with Crippen LogP contribution in [-0.4, -0.2) is 38.2 Å². The first kappa shape index (κ1) is 57.9. The Kier molecular flexibility index (Phi) is 14.0. The number of pyridine rings is 4. The van der Waals surface area contributed by atoms with Crippen LogP contribution in [0.2, 0.25) is 0 Å². The van der Waals surface area contributed by atoms with Crippen molar-refractivity contribution in [1.29, 1.82) is 0 Å². The summed E-state index contributed by atoms with van der Waals surface area (Å²) in [5.41, 5.74) is 27.3. The van der Waals surface area contributed by atoms with Crippen molar-refractivity contribution in [2.45, 2.75) is 0 Å². The average Bonchev–Trinajstić information content (AvgIpc) is 1.64. The van der Waals surface area contributed by atoms with Gasteiger partial charge in [-0.3, -0.25) is 14.5 Å². The van der Waals surface area contributed by atoms with Gasteiger partial charge in [-0.1, -0.05) is 218 Å². The molecule has 0 bridgehead atoms. The molecule has 0 spiro atoms. The quantitative estimate of drug-likeness (QED) is 0.137. The minimum Gasteiger partial charge on any atom is -0.309 e. The first-order valence-corrected chi connectivity index (χ1v) is 33.8. The number of aromatic nitrogens is 8. The molecule has 0 aliphatic rings. The summed E-state index contributed by atoms with van der Waals surface area (Å²) in [4.78, 5) is 20.3. The Morgan fingerprint density at radius 1 is 0.180 bits per heavy atom. The number of benzene rings is 12. The Morgan fingerprint density at radius 3 is 0.960 bits per heavy atom. The maximum Gasteiger partial charge on any atom is 0.138 e. The summed E-state index contributed by atoms with van der Waals surface area (Å²) < 4.78 is 9.31. The molecule has 0 saturated carbocycles. The summed E-state index contributed by atoms with van der Waals surface area (Å²) in [5.74, 6) is 0.862. The predicted octanol–water partition coefficient (Wildman–Crippen LogP) is 23.3. The van der Waals surface area contributed by atoms with Gasteiger partial charge >= 0.3 is 0 Å². The molecule has 8 aromatic heterocycles. The Balaban J connectivity index is 0.000000139. The lowest BCUT2D eigenvalue weighted by Crippen LogP contribution is -2.00. The summed E-state index contributed by atoms with van der Waals surface area (Å²) in [6, 6.07) is 125. The Hall–Kier alpha value is -13.6. The van der Waals surface area contributed by atoms with E-state index < -0.39 is 0 Å². The molecule has 100 heavy (non-hydrogen) atoms. The lowest BCUT2D eigenvalue weighted by molar-refractivity contribution is 1.08. The monoisotopic (exact) mass is 1280 g/mol. The van der Waals surface area contributed by atoms with Crippen molar-refractivity contribution in [2.75, 3.05) is 0 Å². The lowest BCUT2D eigenvalue weighted by atomic mass is 10.0. The van der Waals surface area contributed by atoms with E-state index in [2.05, 4.69) is 340 Å². The van der Waals surface area contributed by atoms with Gasteiger partial charge in [0.2, 0.25) is 0 Å². The van der Waals surface area contributed by atoms with Gasteiger partial charge in [-0.05, 0) is 167 Å². The third-order valence-electron chi connectivity index (χ3n) is 19.5. The van der Waals surface area contributed by atoms with Crippen molar-refractivity contribution in [2.24, 2.45) is 0 Å². The highest BCUT2D eigenvalue weighted by Gasteiger charge is 2.22. The third kappa shape index (κ3) is 10.0. The predicted molar refractivity (Wildman–Crippen MR) is 414 cm³/mol. The van der Waals surface area contributed by atoms with Gasteiger partial charge in [0.1, 0.15) is 5.82 Å². The summed E-state index contributed by atoms with van der Waals surface area (Å²) in [6.45, 7) is 0. The van der Waals surface area contributed by atoms with Crippen molar-refractivity contribution in [3.05, 3.63) is 364 Å². The minimum absolute atomic E-state index is 0.862. The maximum absolute atomic E-state index is 5.28. The Labute approximate surface area is 576 Å². The number of fused-ring (bicyclic) bond motifs is 12. The second-order valence-electron chi connectivity index (χ2n) is 25.4. The van der Waals surface area contributed by atoms with Gasteiger partial charge in [-0.2, -0.15) is 0 Å². The molecular weight excluding hydrogens is 1220 g/mol. The molecule has 0 N–H and O–H groups in total. The summed E-state index contributed by atoms with van der Waals surface area (Å²) in [6.07, 6.45) is 3.77. The standard InChI is InChI=1S/2C46H30N4/c1-4-13-31(14-5-1)35-29-40(32-15-6-2-7-16-32)48-45(30-35)50-43-25-23-34(28-39(43)46-44(50)21-12-26-47-46)33-22-24-42-38(27-33)37-19-10-11-20-41(37)49(42)36-17-8-3-9-18-36;1-4-13-31(14-5-1)40-29-36(30-41(48-40)32-15-6-2-7-16-32)50-44-25-23-34(28-39(44)46-45(50)21-12-26-47-46)33-22-24-43-38(27-33)37-19-10-11-20-42(37)49(43)35-17-8-3-9-18-35/h2*1-30H. The van der Waals surface area contributed by atoms with Crippen LogP contribution < -0.4 is 0 Å². The molecule has 0 radical (unpaired) electrons. The maximum atomic E-state index is 5.28. The molecule has 0 unspecified atom stereocenters. The lowest BCUT2D eigenvalue weighted by Gasteiger charge is -2.13. The molecule has 0 saturated heterocycles. The van der Waals surface area contributed by atoms with Crippen LogP contribution in [0.3, 0.4) is 0 Å². The third-order valence-corrected chi connectivity index (χ3v) is 19.5. The highest BCUT2D eigenvalue weighted by molar-refractivity contribution is 6.14. The van der Waals surface area contributed by atoms with E-state index in [4.69, 9.17) is 19.9 Å². The van der Waals surface area contributed by atoms with Crippen LogP contribution >= 0.6 is 0 Å². The van der Waals surface area contributed by atoms with Gasteiger partial charge in [0.05, 0.1) is 77.9 Å². The molecule has 0 fully saturated rings. The van der Waals surface area contributed by atoms with Gasteiger partial charge in [0.25, 0.3) is 0 Å². The van der Waals surface area contributed by atoms with Gasteiger partial charge in [0, 0.05) is 72.8 Å². The summed E-state index contributed by atoms with van der Waals surface area (Å²) in [5, 5.41) is 7.17. The highest BCUT2D eigenvalue weighted by Crippen LogP contribution is 2.42. The Bertz CT molecular complexity index is 5980. The van der Waals surface area contributed by atoms with Crippen LogP contribution in [0.4, 0.5) is 0 Å². The zero-order valence-corrected chi connectivity index (χ0v) is 54.2. The molecule has 0 aliphatic carbocycles. The van der Waals surface area contributed by atoms with Crippen molar-refractivity contribution >= 4 is 87.5 Å². The zero-order chi connectivity index (χ0) is 66.0. The van der Waals surface area contributed by atoms with Crippen LogP contribution in [0.15, 0.2) is 364 Å². The molecule has 20 rings (SSSR count). The van der Waals surface area contributed by atoms with Crippen LogP contribution in [0.5, 0.6) is 0 Å². The molecule has 12 aromatic carbocycles. The molecule has 0 atom stereocenters. The van der Waals surface area contributed by atoms with E-state index in [0.29, 0.717) is 0 Å². The number of hydrogen-bond donors (Lipinski definition) is 0. The van der Waals surface area contributed by atoms with Crippen LogP contribution in [0.1, 0.15) is 0 Å². The van der Waals surface area contributed by atoms with Gasteiger partial charge in [-0.25, -0.2) is 9.97 Å². The fraction of sp³-hybridized carbons (Fsp3) is 0. The topological polar surface area (TPSA) is 71.3 Å². The molecule has 20 aromatic rings. The summed E-state index contributed by atoms with van der Waals surface area (Å²) >= 11 is 0. The van der Waals surface area contributed by atoms with E-state index in [1.54, 1.807) is 0 Å². The summed E-state index contributed by atoms with van der Waals surface area (Å²) in [7, 11) is 0. The molecule has 8 nitrogen and oxygen atoms in total. The normalized spacial score (nSPS) is 11.6. The van der Waals surface area contributed by atoms with Gasteiger partial charge < -0.3 is 13.7 Å². The van der Waals surface area contributed by atoms with E-state index in [0.717, 1.165) is 123 Å². The molecule has 8 heteroatoms. The van der Waals surface area contributed by atoms with E-state index in [-0.39, 0.29) is 0 Å². The molecular formula is C92H60N8. The molecule has 8 heterocycles. The second kappa shape index (κ2) is 24.3. The van der Waals surface area contributed by atoms with Crippen LogP contribution in [0.25, 0.3) is 178 Å². The van der Waals surface area contributed by atoms with E-state index in [1.807, 2.05) is 42.7 Å².